The Morgan fingerprint density at radius 3 is 2.55 bits per heavy atom. The van der Waals surface area contributed by atoms with Crippen LogP contribution >= 0.6 is 11.6 Å². The van der Waals surface area contributed by atoms with E-state index >= 15 is 0 Å². The molecule has 0 atom stereocenters. The zero-order valence-electron chi connectivity index (χ0n) is 15.3. The number of anilines is 1. The standard InChI is InChI=1S/C22H16ClN3O3/c1-14-4-7-17(23)12-20(14)25-21(27)16(13-24)11-19-3-2-10-26(19)18-8-5-15(6-9-18)22(28)29/h2-12H,1H3,(H,25,27)(H,28,29)/p-1/b16-11-. The molecule has 0 radical (unpaired) electrons. The van der Waals surface area contributed by atoms with E-state index < -0.39 is 11.9 Å². The summed E-state index contributed by atoms with van der Waals surface area (Å²) in [7, 11) is 0. The first-order valence-electron chi connectivity index (χ1n) is 8.57. The smallest absolute Gasteiger partial charge is 0.266 e. The number of carboxylic acids is 1. The molecule has 6 nitrogen and oxygen atoms in total. The number of nitriles is 1. The number of halogens is 1. The maximum absolute atomic E-state index is 12.6. The van der Waals surface area contributed by atoms with Gasteiger partial charge < -0.3 is 19.8 Å². The van der Waals surface area contributed by atoms with Crippen molar-refractivity contribution in [2.24, 2.45) is 0 Å². The van der Waals surface area contributed by atoms with E-state index in [2.05, 4.69) is 5.32 Å². The van der Waals surface area contributed by atoms with E-state index in [0.29, 0.717) is 22.1 Å². The molecule has 0 fully saturated rings. The van der Waals surface area contributed by atoms with Crippen LogP contribution in [0.2, 0.25) is 5.02 Å². The quantitative estimate of drug-likeness (QED) is 0.520. The summed E-state index contributed by atoms with van der Waals surface area (Å²) in [5.74, 6) is -1.82. The molecule has 0 unspecified atom stereocenters. The third-order valence-electron chi connectivity index (χ3n) is 4.27. The SMILES string of the molecule is Cc1ccc(Cl)cc1NC(=O)/C(C#N)=C\c1cccn1-c1ccc(C(=O)[O-])cc1. The van der Waals surface area contributed by atoms with E-state index in [1.807, 2.05) is 13.0 Å². The molecule has 0 spiro atoms. The Kier molecular flexibility index (Phi) is 5.82. The molecular weight excluding hydrogens is 390 g/mol. The lowest BCUT2D eigenvalue weighted by atomic mass is 10.1. The number of hydrogen-bond donors (Lipinski definition) is 1. The van der Waals surface area contributed by atoms with Gasteiger partial charge in [0.25, 0.3) is 5.91 Å². The average Bonchev–Trinajstić information content (AvgIpc) is 3.17. The molecule has 0 aliphatic heterocycles. The van der Waals surface area contributed by atoms with Gasteiger partial charge in [-0.25, -0.2) is 0 Å². The topological polar surface area (TPSA) is 98.0 Å². The van der Waals surface area contributed by atoms with Crippen LogP contribution in [0.15, 0.2) is 66.4 Å². The Balaban J connectivity index is 1.89. The molecule has 144 valence electrons. The first kappa shape index (κ1) is 19.9. The second-order valence-corrected chi connectivity index (χ2v) is 6.66. The Labute approximate surface area is 172 Å². The van der Waals surface area contributed by atoms with Gasteiger partial charge in [-0.3, -0.25) is 4.79 Å². The largest absolute Gasteiger partial charge is 0.545 e. The summed E-state index contributed by atoms with van der Waals surface area (Å²) >= 11 is 5.97. The molecular formula is C22H15ClN3O3-. The lowest BCUT2D eigenvalue weighted by molar-refractivity contribution is -0.255. The first-order valence-corrected chi connectivity index (χ1v) is 8.95. The predicted octanol–water partition coefficient (Wildman–Crippen LogP) is 3.35. The first-order chi connectivity index (χ1) is 13.9. The Morgan fingerprint density at radius 1 is 1.17 bits per heavy atom. The fraction of sp³-hybridized carbons (Fsp3) is 0.0455. The Morgan fingerprint density at radius 2 is 1.90 bits per heavy atom. The lowest BCUT2D eigenvalue weighted by Gasteiger charge is -2.10. The summed E-state index contributed by atoms with van der Waals surface area (Å²) in [6.07, 6.45) is 3.20. The van der Waals surface area contributed by atoms with Crippen LogP contribution in [-0.4, -0.2) is 16.4 Å². The minimum absolute atomic E-state index is 0.0620. The van der Waals surface area contributed by atoms with Gasteiger partial charge in [0.15, 0.2) is 0 Å². The van der Waals surface area contributed by atoms with Crippen LogP contribution in [0, 0.1) is 18.3 Å². The third-order valence-corrected chi connectivity index (χ3v) is 4.50. The van der Waals surface area contributed by atoms with E-state index in [4.69, 9.17) is 11.6 Å². The summed E-state index contributed by atoms with van der Waals surface area (Å²) < 4.78 is 1.73. The number of aromatic carboxylic acids is 1. The van der Waals surface area contributed by atoms with Gasteiger partial charge in [0.1, 0.15) is 11.6 Å². The number of amides is 1. The van der Waals surface area contributed by atoms with Gasteiger partial charge in [-0.2, -0.15) is 5.26 Å². The normalized spacial score (nSPS) is 11.0. The lowest BCUT2D eigenvalue weighted by Crippen LogP contribution is -2.22. The molecule has 1 amide bonds. The minimum atomic E-state index is -1.26. The number of aromatic nitrogens is 1. The zero-order chi connectivity index (χ0) is 21.0. The summed E-state index contributed by atoms with van der Waals surface area (Å²) in [6, 6.07) is 16.6. The number of nitrogens with zero attached hydrogens (tertiary/aromatic N) is 2. The Hall–Kier alpha value is -3.82. The van der Waals surface area contributed by atoms with Crippen molar-refractivity contribution in [3.05, 3.63) is 88.2 Å². The highest BCUT2D eigenvalue weighted by Gasteiger charge is 2.13. The van der Waals surface area contributed by atoms with E-state index in [1.54, 1.807) is 53.2 Å². The molecule has 7 heteroatoms. The van der Waals surface area contributed by atoms with Crippen LogP contribution in [0.4, 0.5) is 5.69 Å². The van der Waals surface area contributed by atoms with Gasteiger partial charge in [0.2, 0.25) is 0 Å². The molecule has 0 aliphatic rings. The van der Waals surface area contributed by atoms with Crippen LogP contribution in [-0.2, 0) is 4.79 Å². The number of aryl methyl sites for hydroxylation is 1. The van der Waals surface area contributed by atoms with Crippen molar-refractivity contribution < 1.29 is 14.7 Å². The number of nitrogens with one attached hydrogen (secondary N) is 1. The third kappa shape index (κ3) is 4.54. The molecule has 1 N–H and O–H groups in total. The summed E-state index contributed by atoms with van der Waals surface area (Å²) in [6.45, 7) is 1.82. The fourth-order valence-corrected chi connectivity index (χ4v) is 2.89. The molecule has 0 saturated carbocycles. The fourth-order valence-electron chi connectivity index (χ4n) is 2.72. The van der Waals surface area contributed by atoms with Crippen molar-refractivity contribution in [1.29, 1.82) is 5.26 Å². The summed E-state index contributed by atoms with van der Waals surface area (Å²) in [5, 5.41) is 23.5. The molecule has 2 aromatic carbocycles. The molecule has 1 aromatic heterocycles. The maximum Gasteiger partial charge on any atom is 0.266 e. The van der Waals surface area contributed by atoms with Crippen LogP contribution in [0.5, 0.6) is 0 Å². The van der Waals surface area contributed by atoms with E-state index in [1.165, 1.54) is 18.2 Å². The number of rotatable bonds is 5. The summed E-state index contributed by atoms with van der Waals surface area (Å²) in [4.78, 5) is 23.5. The minimum Gasteiger partial charge on any atom is -0.545 e. The van der Waals surface area contributed by atoms with Gasteiger partial charge in [-0.05, 0) is 60.5 Å². The second kappa shape index (κ2) is 8.46. The van der Waals surface area contributed by atoms with Crippen LogP contribution in [0.1, 0.15) is 21.6 Å². The molecule has 0 aliphatic carbocycles. The van der Waals surface area contributed by atoms with Crippen molar-refractivity contribution in [1.82, 2.24) is 4.57 Å². The molecule has 3 rings (SSSR count). The highest BCUT2D eigenvalue weighted by Crippen LogP contribution is 2.22. The molecule has 3 aromatic rings. The highest BCUT2D eigenvalue weighted by molar-refractivity contribution is 6.31. The van der Waals surface area contributed by atoms with Crippen molar-refractivity contribution in [2.75, 3.05) is 5.32 Å². The molecule has 29 heavy (non-hydrogen) atoms. The number of benzene rings is 2. The van der Waals surface area contributed by atoms with Crippen molar-refractivity contribution in [3.8, 4) is 11.8 Å². The van der Waals surface area contributed by atoms with Crippen molar-refractivity contribution in [3.63, 3.8) is 0 Å². The summed E-state index contributed by atoms with van der Waals surface area (Å²) in [5.41, 5.74) is 2.58. The van der Waals surface area contributed by atoms with E-state index in [0.717, 1.165) is 5.56 Å². The van der Waals surface area contributed by atoms with Crippen LogP contribution in [0.25, 0.3) is 11.8 Å². The van der Waals surface area contributed by atoms with Crippen molar-refractivity contribution in [2.45, 2.75) is 6.92 Å². The monoisotopic (exact) mass is 404 g/mol. The van der Waals surface area contributed by atoms with Gasteiger partial charge in [0.05, 0.1) is 5.97 Å². The number of carboxylic acid groups (broad SMARTS) is 1. The van der Waals surface area contributed by atoms with E-state index in [-0.39, 0.29) is 11.1 Å². The van der Waals surface area contributed by atoms with Gasteiger partial charge >= 0.3 is 0 Å². The molecule has 1 heterocycles. The Bertz CT molecular complexity index is 1150. The molecule has 0 saturated heterocycles. The maximum atomic E-state index is 12.6. The van der Waals surface area contributed by atoms with E-state index in [9.17, 15) is 20.0 Å². The van der Waals surface area contributed by atoms with Gasteiger partial charge in [0, 0.05) is 28.3 Å². The predicted molar refractivity (Wildman–Crippen MR) is 109 cm³/mol. The number of carbonyl (C=O) groups excluding carboxylic acids is 2. The molecule has 0 bridgehead atoms. The van der Waals surface area contributed by atoms with Gasteiger partial charge in [-0.15, -0.1) is 0 Å². The van der Waals surface area contributed by atoms with Crippen LogP contribution in [0.3, 0.4) is 0 Å². The number of carbonyl (C=O) groups is 2. The van der Waals surface area contributed by atoms with Crippen LogP contribution < -0.4 is 10.4 Å². The number of hydrogen-bond acceptors (Lipinski definition) is 4. The second-order valence-electron chi connectivity index (χ2n) is 6.22. The zero-order valence-corrected chi connectivity index (χ0v) is 16.1. The van der Waals surface area contributed by atoms with Gasteiger partial charge in [-0.1, -0.05) is 29.8 Å². The average molecular weight is 405 g/mol. The highest BCUT2D eigenvalue weighted by atomic mass is 35.5. The van der Waals surface area contributed by atoms with Crippen molar-refractivity contribution >= 4 is 35.2 Å².